The number of unbranched alkanes of at least 4 members (excludes halogenated alkanes) is 1. The number of piperidine rings is 1. The van der Waals surface area contributed by atoms with E-state index in [-0.39, 0.29) is 23.7 Å². The van der Waals surface area contributed by atoms with Gasteiger partial charge in [-0.1, -0.05) is 19.4 Å². The Morgan fingerprint density at radius 1 is 1.30 bits per heavy atom. The van der Waals surface area contributed by atoms with Crippen molar-refractivity contribution in [1.82, 2.24) is 10.2 Å². The summed E-state index contributed by atoms with van der Waals surface area (Å²) in [5.41, 5.74) is 6.71. The van der Waals surface area contributed by atoms with Crippen molar-refractivity contribution in [3.8, 4) is 10.4 Å². The van der Waals surface area contributed by atoms with E-state index in [2.05, 4.69) is 5.32 Å². The van der Waals surface area contributed by atoms with Crippen molar-refractivity contribution in [3.05, 3.63) is 40.8 Å². The first-order valence-corrected chi connectivity index (χ1v) is 10.8. The van der Waals surface area contributed by atoms with E-state index < -0.39 is 11.6 Å². The van der Waals surface area contributed by atoms with Gasteiger partial charge >= 0.3 is 6.09 Å². The minimum Gasteiger partial charge on any atom is -0.449 e. The quantitative estimate of drug-likeness (QED) is 0.656. The maximum Gasteiger partial charge on any atom is 0.409 e. The molecule has 1 atom stereocenters. The van der Waals surface area contributed by atoms with E-state index >= 15 is 0 Å². The zero-order valence-corrected chi connectivity index (χ0v) is 17.6. The van der Waals surface area contributed by atoms with Crippen LogP contribution < -0.4 is 11.1 Å². The number of amides is 2. The van der Waals surface area contributed by atoms with E-state index in [0.29, 0.717) is 35.0 Å². The molecule has 1 aromatic carbocycles. The molecule has 0 radical (unpaired) electrons. The van der Waals surface area contributed by atoms with Gasteiger partial charge in [-0.15, -0.1) is 11.3 Å². The fourth-order valence-corrected chi connectivity index (χ4v) is 4.26. The first kappa shape index (κ1) is 22.0. The molecule has 9 heteroatoms. The molecule has 0 bridgehead atoms. The van der Waals surface area contributed by atoms with Crippen LogP contribution in [0.3, 0.4) is 0 Å². The second-order valence-corrected chi connectivity index (χ2v) is 8.30. The van der Waals surface area contributed by atoms with Gasteiger partial charge in [0.2, 0.25) is 0 Å². The number of halogens is 2. The molecule has 0 saturated carbocycles. The highest BCUT2D eigenvalue weighted by molar-refractivity contribution is 7.18. The van der Waals surface area contributed by atoms with Crippen LogP contribution >= 0.6 is 11.3 Å². The summed E-state index contributed by atoms with van der Waals surface area (Å²) in [6.07, 6.45) is 2.90. The number of hydrogen-bond donors (Lipinski definition) is 2. The number of nitrogen functional groups attached to an aromatic ring is 1. The zero-order chi connectivity index (χ0) is 21.7. The SMILES string of the molecule is CCCCOC(=O)N1CCC[C@H](NC(=O)c2sc(-c3ccc(F)c(F)c3)cc2N)C1. The monoisotopic (exact) mass is 437 g/mol. The predicted octanol–water partition coefficient (Wildman–Crippen LogP) is 4.41. The lowest BCUT2D eigenvalue weighted by Crippen LogP contribution is -2.49. The molecule has 2 heterocycles. The van der Waals surface area contributed by atoms with Crippen LogP contribution in [-0.4, -0.2) is 42.6 Å². The molecule has 1 fully saturated rings. The molecule has 1 aromatic heterocycles. The summed E-state index contributed by atoms with van der Waals surface area (Å²) in [4.78, 5) is 27.4. The summed E-state index contributed by atoms with van der Waals surface area (Å²) in [5.74, 6) is -2.24. The molecule has 1 saturated heterocycles. The largest absolute Gasteiger partial charge is 0.449 e. The van der Waals surface area contributed by atoms with Gasteiger partial charge < -0.3 is 20.7 Å². The summed E-state index contributed by atoms with van der Waals surface area (Å²) < 4.78 is 31.9. The highest BCUT2D eigenvalue weighted by Crippen LogP contribution is 2.34. The summed E-state index contributed by atoms with van der Waals surface area (Å²) in [7, 11) is 0. The zero-order valence-electron chi connectivity index (χ0n) is 16.7. The molecule has 3 rings (SSSR count). The van der Waals surface area contributed by atoms with Gasteiger partial charge in [0.1, 0.15) is 4.88 Å². The second kappa shape index (κ2) is 9.88. The van der Waals surface area contributed by atoms with Crippen LogP contribution in [0.2, 0.25) is 0 Å². The van der Waals surface area contributed by atoms with Crippen LogP contribution in [-0.2, 0) is 4.74 Å². The van der Waals surface area contributed by atoms with Gasteiger partial charge in [0.05, 0.1) is 12.3 Å². The average Bonchev–Trinajstić information content (AvgIpc) is 3.12. The molecule has 2 amide bonds. The Labute approximate surface area is 178 Å². The number of benzene rings is 1. The van der Waals surface area contributed by atoms with Crippen molar-refractivity contribution in [2.24, 2.45) is 0 Å². The molecule has 3 N–H and O–H groups in total. The van der Waals surface area contributed by atoms with Crippen molar-refractivity contribution in [3.63, 3.8) is 0 Å². The lowest BCUT2D eigenvalue weighted by atomic mass is 10.1. The molecule has 1 aliphatic rings. The molecule has 2 aromatic rings. The number of nitrogens with zero attached hydrogens (tertiary/aromatic N) is 1. The number of carbonyl (C=O) groups is 2. The highest BCUT2D eigenvalue weighted by atomic mass is 32.1. The van der Waals surface area contributed by atoms with Crippen LogP contribution in [0.25, 0.3) is 10.4 Å². The molecule has 0 spiro atoms. The van der Waals surface area contributed by atoms with Gasteiger partial charge in [-0.3, -0.25) is 4.79 Å². The van der Waals surface area contributed by atoms with E-state index in [0.717, 1.165) is 49.2 Å². The third-order valence-electron chi connectivity index (χ3n) is 4.91. The minimum atomic E-state index is -0.960. The van der Waals surface area contributed by atoms with Gasteiger partial charge in [0.25, 0.3) is 5.91 Å². The number of nitrogens with two attached hydrogens (primary N) is 1. The first-order valence-electron chi connectivity index (χ1n) is 9.96. The topological polar surface area (TPSA) is 84.7 Å². The molecular weight excluding hydrogens is 412 g/mol. The van der Waals surface area contributed by atoms with E-state index in [9.17, 15) is 18.4 Å². The molecule has 0 unspecified atom stereocenters. The summed E-state index contributed by atoms with van der Waals surface area (Å²) >= 11 is 1.11. The van der Waals surface area contributed by atoms with E-state index in [1.165, 1.54) is 6.07 Å². The molecule has 162 valence electrons. The number of thiophene rings is 1. The smallest absolute Gasteiger partial charge is 0.409 e. The lowest BCUT2D eigenvalue weighted by molar-refractivity contribution is 0.0798. The van der Waals surface area contributed by atoms with Gasteiger partial charge in [-0.25, -0.2) is 13.6 Å². The Bertz CT molecular complexity index is 919. The predicted molar refractivity (Wildman–Crippen MR) is 112 cm³/mol. The number of rotatable bonds is 6. The lowest BCUT2D eigenvalue weighted by Gasteiger charge is -2.32. The van der Waals surface area contributed by atoms with Crippen molar-refractivity contribution >= 4 is 29.0 Å². The van der Waals surface area contributed by atoms with E-state index in [1.54, 1.807) is 11.0 Å². The van der Waals surface area contributed by atoms with Crippen LogP contribution in [0.15, 0.2) is 24.3 Å². The fraction of sp³-hybridized carbons (Fsp3) is 0.429. The molecule has 6 nitrogen and oxygen atoms in total. The fourth-order valence-electron chi connectivity index (χ4n) is 3.28. The van der Waals surface area contributed by atoms with Crippen LogP contribution in [0.4, 0.5) is 19.3 Å². The highest BCUT2D eigenvalue weighted by Gasteiger charge is 2.27. The van der Waals surface area contributed by atoms with E-state index in [4.69, 9.17) is 10.5 Å². The second-order valence-electron chi connectivity index (χ2n) is 7.25. The van der Waals surface area contributed by atoms with Gasteiger partial charge in [-0.05, 0) is 43.0 Å². The number of anilines is 1. The molecular formula is C21H25F2N3O3S. The molecule has 30 heavy (non-hydrogen) atoms. The molecule has 1 aliphatic heterocycles. The van der Waals surface area contributed by atoms with Crippen molar-refractivity contribution in [2.75, 3.05) is 25.4 Å². The number of likely N-dealkylation sites (tertiary alicyclic amines) is 1. The normalized spacial score (nSPS) is 16.4. The summed E-state index contributed by atoms with van der Waals surface area (Å²) in [6.45, 7) is 3.38. The standard InChI is InChI=1S/C21H25F2N3O3S/c1-2-3-9-29-21(28)26-8-4-5-14(12-26)25-20(27)19-17(24)11-18(30-19)13-6-7-15(22)16(23)10-13/h6-7,10-11,14H,2-5,8-9,12,24H2,1H3,(H,25,27)/t14-/m0/s1. The number of carbonyl (C=O) groups excluding carboxylic acids is 2. The Hall–Kier alpha value is -2.68. The van der Waals surface area contributed by atoms with Crippen LogP contribution in [0, 0.1) is 11.6 Å². The first-order chi connectivity index (χ1) is 14.4. The Morgan fingerprint density at radius 2 is 2.10 bits per heavy atom. The Kier molecular flexibility index (Phi) is 7.25. The van der Waals surface area contributed by atoms with Crippen molar-refractivity contribution in [2.45, 2.75) is 38.6 Å². The average molecular weight is 438 g/mol. The van der Waals surface area contributed by atoms with Crippen molar-refractivity contribution in [1.29, 1.82) is 0 Å². The third-order valence-corrected chi connectivity index (χ3v) is 6.11. The maximum absolute atomic E-state index is 13.5. The Balaban J connectivity index is 1.63. The number of hydrogen-bond acceptors (Lipinski definition) is 5. The van der Waals surface area contributed by atoms with Crippen LogP contribution in [0.5, 0.6) is 0 Å². The number of nitrogens with one attached hydrogen (secondary N) is 1. The Morgan fingerprint density at radius 3 is 2.83 bits per heavy atom. The van der Waals surface area contributed by atoms with Crippen molar-refractivity contribution < 1.29 is 23.1 Å². The van der Waals surface area contributed by atoms with Gasteiger partial charge in [0.15, 0.2) is 11.6 Å². The third kappa shape index (κ3) is 5.27. The minimum absolute atomic E-state index is 0.210. The summed E-state index contributed by atoms with van der Waals surface area (Å²) in [6, 6.07) is 4.92. The van der Waals surface area contributed by atoms with E-state index in [1.807, 2.05) is 6.92 Å². The molecule has 0 aliphatic carbocycles. The van der Waals surface area contributed by atoms with Gasteiger partial charge in [-0.2, -0.15) is 0 Å². The summed E-state index contributed by atoms with van der Waals surface area (Å²) in [5, 5.41) is 2.92. The van der Waals surface area contributed by atoms with Crippen LogP contribution in [0.1, 0.15) is 42.3 Å². The number of ether oxygens (including phenoxy) is 1. The maximum atomic E-state index is 13.5. The van der Waals surface area contributed by atoms with Gasteiger partial charge in [0, 0.05) is 24.0 Å².